The van der Waals surface area contributed by atoms with E-state index in [1.165, 1.54) is 6.92 Å². The smallest absolute Gasteiger partial charge is 0.307 e. The molecule has 1 aliphatic rings. The first-order chi connectivity index (χ1) is 10.4. The largest absolute Gasteiger partial charge is 0.481 e. The molecule has 2 N–H and O–H groups in total. The molecule has 0 saturated heterocycles. The van der Waals surface area contributed by atoms with Crippen molar-refractivity contribution in [2.24, 2.45) is 11.8 Å². The van der Waals surface area contributed by atoms with Crippen LogP contribution in [0.2, 0.25) is 0 Å². The first-order valence-electron chi connectivity index (χ1n) is 6.87. The van der Waals surface area contributed by atoms with Gasteiger partial charge in [0, 0.05) is 16.3 Å². The summed E-state index contributed by atoms with van der Waals surface area (Å²) in [6.07, 6.45) is 2.08. The predicted octanol–water partition coefficient (Wildman–Crippen LogP) is 3.06. The Bertz CT molecular complexity index is 653. The molecule has 0 heterocycles. The molecule has 0 saturated carbocycles. The number of aliphatic carboxylic acids is 1. The summed E-state index contributed by atoms with van der Waals surface area (Å²) in [5, 5.41) is 12.4. The molecule has 6 heteroatoms. The highest BCUT2D eigenvalue weighted by Gasteiger charge is 2.36. The molecule has 1 amide bonds. The Morgan fingerprint density at radius 1 is 1.27 bits per heavy atom. The standard InChI is InChI=1S/C16H16ClNO4/c1-9(19)10-3-2-4-12(7-10)18-15(20)14-8-11(17)5-6-13(14)16(21)22/h2-5,7,13-14H,6,8H2,1H3,(H,18,20)(H,21,22)/t13-,14+/m0/s1. The second-order valence-corrected chi connectivity index (χ2v) is 5.75. The van der Waals surface area contributed by atoms with Crippen molar-refractivity contribution in [2.45, 2.75) is 19.8 Å². The lowest BCUT2D eigenvalue weighted by atomic mass is 9.82. The van der Waals surface area contributed by atoms with Gasteiger partial charge in [0.05, 0.1) is 11.8 Å². The first-order valence-corrected chi connectivity index (χ1v) is 7.25. The minimum atomic E-state index is -1.02. The van der Waals surface area contributed by atoms with Gasteiger partial charge >= 0.3 is 5.97 Å². The lowest BCUT2D eigenvalue weighted by Crippen LogP contribution is -2.35. The van der Waals surface area contributed by atoms with Crippen LogP contribution in [0.15, 0.2) is 35.4 Å². The second-order valence-electron chi connectivity index (χ2n) is 5.27. The Morgan fingerprint density at radius 2 is 2.00 bits per heavy atom. The molecule has 2 atom stereocenters. The number of nitrogens with one attached hydrogen (secondary N) is 1. The van der Waals surface area contributed by atoms with Crippen LogP contribution in [0.25, 0.3) is 0 Å². The summed E-state index contributed by atoms with van der Waals surface area (Å²) in [7, 11) is 0. The van der Waals surface area contributed by atoms with E-state index in [-0.39, 0.29) is 18.6 Å². The summed E-state index contributed by atoms with van der Waals surface area (Å²) in [6, 6.07) is 6.53. The van der Waals surface area contributed by atoms with Gasteiger partial charge in [-0.15, -0.1) is 0 Å². The number of allylic oxidation sites excluding steroid dienone is 2. The van der Waals surface area contributed by atoms with Crippen LogP contribution in [0.4, 0.5) is 5.69 Å². The predicted molar refractivity (Wildman–Crippen MR) is 82.9 cm³/mol. The zero-order valence-electron chi connectivity index (χ0n) is 12.0. The van der Waals surface area contributed by atoms with Gasteiger partial charge < -0.3 is 10.4 Å². The molecular formula is C16H16ClNO4. The van der Waals surface area contributed by atoms with E-state index in [0.717, 1.165) is 0 Å². The Balaban J connectivity index is 2.17. The molecule has 0 spiro atoms. The summed E-state index contributed by atoms with van der Waals surface area (Å²) in [5.41, 5.74) is 0.946. The number of carboxylic acids is 1. The molecule has 1 aromatic rings. The van der Waals surface area contributed by atoms with Gasteiger partial charge in [0.2, 0.25) is 5.91 Å². The molecule has 0 bridgehead atoms. The number of carbonyl (C=O) groups excluding carboxylic acids is 2. The fourth-order valence-corrected chi connectivity index (χ4v) is 2.71. The number of benzene rings is 1. The molecule has 0 radical (unpaired) electrons. The monoisotopic (exact) mass is 321 g/mol. The second kappa shape index (κ2) is 6.75. The zero-order chi connectivity index (χ0) is 16.3. The Labute approximate surface area is 133 Å². The maximum absolute atomic E-state index is 12.4. The molecule has 0 aliphatic heterocycles. The van der Waals surface area contributed by atoms with Gasteiger partial charge in [-0.3, -0.25) is 14.4 Å². The van der Waals surface area contributed by atoms with Crippen LogP contribution in [0, 0.1) is 11.8 Å². The molecule has 0 aromatic heterocycles. The van der Waals surface area contributed by atoms with Crippen molar-refractivity contribution in [1.82, 2.24) is 0 Å². The van der Waals surface area contributed by atoms with E-state index in [9.17, 15) is 19.5 Å². The highest BCUT2D eigenvalue weighted by atomic mass is 35.5. The van der Waals surface area contributed by atoms with Gasteiger partial charge in [0.25, 0.3) is 0 Å². The molecule has 0 fully saturated rings. The zero-order valence-corrected chi connectivity index (χ0v) is 12.8. The lowest BCUT2D eigenvalue weighted by molar-refractivity contribution is -0.146. The minimum Gasteiger partial charge on any atom is -0.481 e. The van der Waals surface area contributed by atoms with Crippen LogP contribution < -0.4 is 5.32 Å². The minimum absolute atomic E-state index is 0.108. The average Bonchev–Trinajstić information content (AvgIpc) is 2.47. The molecule has 116 valence electrons. The average molecular weight is 322 g/mol. The normalized spacial score (nSPS) is 20.9. The quantitative estimate of drug-likeness (QED) is 0.835. The molecule has 2 rings (SSSR count). The molecular weight excluding hydrogens is 306 g/mol. The van der Waals surface area contributed by atoms with Crippen molar-refractivity contribution in [2.75, 3.05) is 5.32 Å². The molecule has 22 heavy (non-hydrogen) atoms. The van der Waals surface area contributed by atoms with Crippen molar-refractivity contribution >= 4 is 34.9 Å². The van der Waals surface area contributed by atoms with Gasteiger partial charge in [-0.25, -0.2) is 0 Å². The number of ketones is 1. The number of carboxylic acid groups (broad SMARTS) is 1. The van der Waals surface area contributed by atoms with Gasteiger partial charge in [-0.1, -0.05) is 29.8 Å². The van der Waals surface area contributed by atoms with E-state index >= 15 is 0 Å². The van der Waals surface area contributed by atoms with Crippen LogP contribution in [-0.4, -0.2) is 22.8 Å². The number of hydrogen-bond donors (Lipinski definition) is 2. The molecule has 1 aromatic carbocycles. The maximum atomic E-state index is 12.4. The summed E-state index contributed by atoms with van der Waals surface area (Å²) in [5.74, 6) is -3.05. The fraction of sp³-hybridized carbons (Fsp3) is 0.312. The highest BCUT2D eigenvalue weighted by molar-refractivity contribution is 6.29. The van der Waals surface area contributed by atoms with E-state index < -0.39 is 23.7 Å². The summed E-state index contributed by atoms with van der Waals surface area (Å²) >= 11 is 5.94. The van der Waals surface area contributed by atoms with Gasteiger partial charge in [-0.05, 0) is 31.9 Å². The van der Waals surface area contributed by atoms with Crippen LogP contribution in [-0.2, 0) is 9.59 Å². The number of halogens is 1. The Hall–Kier alpha value is -2.14. The number of rotatable bonds is 4. The third-order valence-corrected chi connectivity index (χ3v) is 3.99. The molecule has 0 unspecified atom stereocenters. The molecule has 5 nitrogen and oxygen atoms in total. The van der Waals surface area contributed by atoms with Crippen molar-refractivity contribution in [1.29, 1.82) is 0 Å². The third-order valence-electron chi connectivity index (χ3n) is 3.68. The number of anilines is 1. The van der Waals surface area contributed by atoms with Gasteiger partial charge in [0.15, 0.2) is 5.78 Å². The SMILES string of the molecule is CC(=O)c1cccc(NC(=O)[C@@H]2CC(Cl)=CC[C@@H]2C(=O)O)c1. The summed E-state index contributed by atoms with van der Waals surface area (Å²) < 4.78 is 0. The van der Waals surface area contributed by atoms with E-state index in [2.05, 4.69) is 5.32 Å². The van der Waals surface area contributed by atoms with Crippen LogP contribution in [0.3, 0.4) is 0 Å². The van der Waals surface area contributed by atoms with Crippen LogP contribution in [0.5, 0.6) is 0 Å². The highest BCUT2D eigenvalue weighted by Crippen LogP contribution is 2.32. The number of Topliss-reactive ketones (excluding diaryl/α,β-unsaturated/α-hetero) is 1. The Morgan fingerprint density at radius 3 is 2.64 bits per heavy atom. The van der Waals surface area contributed by atoms with E-state index in [1.807, 2.05) is 0 Å². The Kier molecular flexibility index (Phi) is 4.98. The topological polar surface area (TPSA) is 83.5 Å². The number of carbonyl (C=O) groups is 3. The number of hydrogen-bond acceptors (Lipinski definition) is 3. The van der Waals surface area contributed by atoms with Crippen LogP contribution in [0.1, 0.15) is 30.1 Å². The van der Waals surface area contributed by atoms with Crippen molar-refractivity contribution in [3.05, 3.63) is 40.9 Å². The van der Waals surface area contributed by atoms with E-state index in [1.54, 1.807) is 30.3 Å². The van der Waals surface area contributed by atoms with Crippen LogP contribution >= 0.6 is 11.6 Å². The summed E-state index contributed by atoms with van der Waals surface area (Å²) in [6.45, 7) is 1.44. The first kappa shape index (κ1) is 16.2. The summed E-state index contributed by atoms with van der Waals surface area (Å²) in [4.78, 5) is 35.0. The lowest BCUT2D eigenvalue weighted by Gasteiger charge is -2.25. The number of amides is 1. The van der Waals surface area contributed by atoms with Crippen molar-refractivity contribution < 1.29 is 19.5 Å². The van der Waals surface area contributed by atoms with Crippen molar-refractivity contribution in [3.8, 4) is 0 Å². The van der Waals surface area contributed by atoms with E-state index in [0.29, 0.717) is 16.3 Å². The maximum Gasteiger partial charge on any atom is 0.307 e. The van der Waals surface area contributed by atoms with Gasteiger partial charge in [0.1, 0.15) is 0 Å². The molecule has 1 aliphatic carbocycles. The third kappa shape index (κ3) is 3.74. The fourth-order valence-electron chi connectivity index (χ4n) is 2.45. The van der Waals surface area contributed by atoms with Gasteiger partial charge in [-0.2, -0.15) is 0 Å². The van der Waals surface area contributed by atoms with Crippen molar-refractivity contribution in [3.63, 3.8) is 0 Å². The van der Waals surface area contributed by atoms with E-state index in [4.69, 9.17) is 11.6 Å².